The lowest BCUT2D eigenvalue weighted by Gasteiger charge is -2.52. The summed E-state index contributed by atoms with van der Waals surface area (Å²) in [5, 5.41) is 396. The number of hydrogen-bond acceptors (Lipinski definition) is 57. The summed E-state index contributed by atoms with van der Waals surface area (Å²) in [7, 11) is 0. The molecule has 0 spiro atoms. The van der Waals surface area contributed by atoms with Crippen molar-refractivity contribution < 1.29 is 288 Å². The first kappa shape index (κ1) is 104. The van der Waals surface area contributed by atoms with Gasteiger partial charge in [-0.3, -0.25) is 0 Å². The van der Waals surface area contributed by atoms with Crippen LogP contribution in [-0.4, -0.2) is 600 Å². The Morgan fingerprint density at radius 1 is 0.262 bits per heavy atom. The van der Waals surface area contributed by atoms with Gasteiger partial charge < -0.3 is 283 Å². The molecule has 0 aromatic heterocycles. The van der Waals surface area contributed by atoms with Gasteiger partial charge >= 0.3 is 5.97 Å². The Hall–Kier alpha value is -2.77. The molecule has 11 heterocycles. The van der Waals surface area contributed by atoms with Gasteiger partial charge in [-0.05, 0) is 0 Å². The van der Waals surface area contributed by atoms with Crippen molar-refractivity contribution in [3.8, 4) is 0 Å². The average Bonchev–Trinajstić information content (AvgIpc) is 0.759. The van der Waals surface area contributed by atoms with E-state index in [4.69, 9.17) is 99.5 Å². The van der Waals surface area contributed by atoms with Gasteiger partial charge in [0.05, 0.1) is 78.8 Å². The summed E-state index contributed by atoms with van der Waals surface area (Å²) in [5.74, 6) is -5.58. The van der Waals surface area contributed by atoms with Gasteiger partial charge in [0.2, 0.25) is 0 Å². The molecule has 11 saturated heterocycles. The van der Waals surface area contributed by atoms with Crippen molar-refractivity contribution >= 4 is 5.97 Å². The van der Waals surface area contributed by atoms with Gasteiger partial charge in [-0.1, -0.05) is 0 Å². The number of ether oxygens (including phenoxy) is 21. The van der Waals surface area contributed by atoms with Crippen LogP contribution in [0.2, 0.25) is 0 Å². The predicted octanol–water partition coefficient (Wildman–Crippen LogP) is -25.1. The zero-order valence-electron chi connectivity index (χ0n) is 65.7. The number of aliphatic hydroxyl groups is 35. The van der Waals surface area contributed by atoms with Crippen LogP contribution in [0.25, 0.3) is 0 Å². The highest BCUT2D eigenvalue weighted by molar-refractivity contribution is 5.75. The normalized spacial score (nSPS) is 52.7. The second-order valence-corrected chi connectivity index (χ2v) is 31.8. The summed E-state index contributed by atoms with van der Waals surface area (Å²) < 4.78 is 122. The Morgan fingerprint density at radius 2 is 0.492 bits per heavy atom. The van der Waals surface area contributed by atoms with Gasteiger partial charge in [-0.2, -0.15) is 0 Å². The molecule has 36 N–H and O–H groups in total. The van der Waals surface area contributed by atoms with Gasteiger partial charge in [-0.25, -0.2) is 4.79 Å². The highest BCUT2D eigenvalue weighted by Gasteiger charge is 2.64. The molecule has 0 saturated carbocycles. The number of carboxylic acids is 1. The third-order valence-corrected chi connectivity index (χ3v) is 23.6. The molecule has 11 aliphatic rings. The molecule has 0 aliphatic carbocycles. The van der Waals surface area contributed by atoms with Crippen LogP contribution in [0.3, 0.4) is 0 Å². The van der Waals surface area contributed by atoms with E-state index in [9.17, 15) is 189 Å². The highest BCUT2D eigenvalue weighted by Crippen LogP contribution is 2.43. The molecule has 0 aromatic carbocycles. The van der Waals surface area contributed by atoms with Crippen LogP contribution in [0.5, 0.6) is 0 Å². The van der Waals surface area contributed by atoms with Crippen LogP contribution >= 0.6 is 0 Å². The molecule has 55 atom stereocenters. The Labute approximate surface area is 708 Å². The smallest absolute Gasteiger partial charge is 0.364 e. The first-order valence-corrected chi connectivity index (χ1v) is 39.8. The van der Waals surface area contributed by atoms with Gasteiger partial charge in [0, 0.05) is 6.42 Å². The summed E-state index contributed by atoms with van der Waals surface area (Å²) in [6.45, 7) is -13.2. The maximum Gasteiger partial charge on any atom is 0.364 e. The van der Waals surface area contributed by atoms with E-state index in [1.54, 1.807) is 0 Å². The lowest BCUT2D eigenvalue weighted by atomic mass is 9.92. The minimum Gasteiger partial charge on any atom is -0.477 e. The monoisotopic (exact) mass is 1860 g/mol. The van der Waals surface area contributed by atoms with E-state index in [1.807, 2.05) is 0 Å². The molecule has 0 aromatic rings. The van der Waals surface area contributed by atoms with Crippen molar-refractivity contribution in [1.29, 1.82) is 0 Å². The van der Waals surface area contributed by atoms with Gasteiger partial charge in [0.1, 0.15) is 262 Å². The number of aliphatic hydroxyl groups excluding tert-OH is 34. The Kier molecular flexibility index (Phi) is 36.5. The fourth-order valence-electron chi connectivity index (χ4n) is 16.2. The van der Waals surface area contributed by atoms with E-state index >= 15 is 0 Å². The average molecular weight is 1860 g/mol. The van der Waals surface area contributed by atoms with Crippen molar-refractivity contribution in [2.75, 3.05) is 72.7 Å². The number of rotatable bonds is 33. The molecule has 0 bridgehead atoms. The van der Waals surface area contributed by atoms with E-state index < -0.39 is 422 Å². The first-order valence-electron chi connectivity index (χ1n) is 39.8. The van der Waals surface area contributed by atoms with E-state index in [0.717, 1.165) is 0 Å². The van der Waals surface area contributed by atoms with E-state index in [1.165, 1.54) is 0 Å². The van der Waals surface area contributed by atoms with Crippen LogP contribution in [0.4, 0.5) is 0 Å². The summed E-state index contributed by atoms with van der Waals surface area (Å²) in [4.78, 5) is 12.4. The molecule has 58 heteroatoms. The van der Waals surface area contributed by atoms with Crippen LogP contribution < -0.4 is 0 Å². The standard InChI is InChI=1S/C68H114O58/c69-2-14(80)48-47(13(79)1-68(105,126-48)67(103)104)117-64-46(102)54(123-59-41(97)32(88)27(83)17(5-72)109-59)53(122-66-56(34(90)29(85)19(7-74)111-66)125-63-45(101)38(94)52(23(11-78)115-63)121-61-43(99)36(92)50(21(9-76)113-61)119-58-40(96)31(87)26(82)16(4-71)108-58)24(116-64)12-106-65-55(33(89)28(84)18(6-73)110-65)124-62-44(100)37(93)51(22(10-77)114-62)120-60-42(98)35(91)49(20(8-75)112-60)118-57-39(95)30(86)25(81)15(3-70)107-57/h13-66,69-102,105H,1-12H2,(H,103,104)/t13-,14-,15-,16-,17-,18-,19-,20-,21-,22-,23-,24-,25+,26+,27-,28-,29-,30+,31+,32+,33+,34+,35-,36-,37-,38-,39-,40-,41-,42-,43-,44-,45-,46-,47-,48-,49+,50+,51-,52-,53-,54-,55-,56-,57-,58-,59+,60+,61+,62-,63-,64-,65-,66+,68-/m1/s1. The van der Waals surface area contributed by atoms with Crippen LogP contribution in [0.1, 0.15) is 6.42 Å². The molecule has 11 aliphatic heterocycles. The molecule has 0 unspecified atom stereocenters. The molecule has 126 heavy (non-hydrogen) atoms. The van der Waals surface area contributed by atoms with E-state index in [0.29, 0.717) is 0 Å². The largest absolute Gasteiger partial charge is 0.477 e. The van der Waals surface area contributed by atoms with Crippen molar-refractivity contribution in [1.82, 2.24) is 0 Å². The zero-order valence-corrected chi connectivity index (χ0v) is 65.7. The Morgan fingerprint density at radius 3 is 0.802 bits per heavy atom. The van der Waals surface area contributed by atoms with E-state index in [2.05, 4.69) is 0 Å². The molecule has 734 valence electrons. The summed E-state index contributed by atoms with van der Waals surface area (Å²) >= 11 is 0. The lowest BCUT2D eigenvalue weighted by Crippen LogP contribution is -2.70. The summed E-state index contributed by atoms with van der Waals surface area (Å²) in [6, 6.07) is 0. The fraction of sp³-hybridized carbons (Fsp3) is 0.985. The van der Waals surface area contributed by atoms with Crippen LogP contribution in [0.15, 0.2) is 0 Å². The molecular formula is C68H114O58. The maximum absolute atomic E-state index is 12.8. The molecule has 58 nitrogen and oxygen atoms in total. The zero-order chi connectivity index (χ0) is 92.6. The minimum atomic E-state index is -3.40. The highest BCUT2D eigenvalue weighted by atomic mass is 16.8. The minimum absolute atomic E-state index is 0.934. The quantitative estimate of drug-likeness (QED) is 0.0290. The van der Waals surface area contributed by atoms with Crippen molar-refractivity contribution in [2.24, 2.45) is 0 Å². The Balaban J connectivity index is 0.899. The number of hydrogen-bond donors (Lipinski definition) is 36. The lowest BCUT2D eigenvalue weighted by molar-refractivity contribution is -0.416. The van der Waals surface area contributed by atoms with Gasteiger partial charge in [0.15, 0.2) is 62.9 Å². The van der Waals surface area contributed by atoms with Gasteiger partial charge in [0.25, 0.3) is 5.79 Å². The van der Waals surface area contributed by atoms with Crippen molar-refractivity contribution in [2.45, 2.75) is 344 Å². The third-order valence-electron chi connectivity index (χ3n) is 23.6. The Bertz CT molecular complexity index is 3290. The molecule has 0 amide bonds. The van der Waals surface area contributed by atoms with Crippen molar-refractivity contribution in [3.63, 3.8) is 0 Å². The topological polar surface area (TPSA) is 939 Å². The van der Waals surface area contributed by atoms with Crippen molar-refractivity contribution in [3.05, 3.63) is 0 Å². The SMILES string of the molecule is O=C(O)[C@@]1(O)C[C@@H](O)[C@@H](O[C@H]2O[C@H](CO[C@@H]3O[C@H](CO)[C@@H](O)[C@H](O)[C@H]3O[C@H]3O[C@H](CO)[C@@H](O[C@@H]4O[C@H](CO)[C@H](O[C@H]5O[C@H](CO)[C@H](O)[C@H](O)[C@H]5O)[C@H](O)[C@H]4O)[C@H](O)[C@H]3O)[C@@H](O[C@@H]3O[C@H](CO)[C@@H](O)[C@H](O)[C@H]3O[C@H]3O[C@H](CO)[C@@H](O[C@@H]4O[C@H](CO)[C@H](O[C@H]5O[C@H](CO)[C@H](O)[C@H](O)[C@H]5O)[C@H](O)[C@H]4O)[C@H](O)[C@H]3O)[C@H](O[C@@H]3O[C@H](CO)[C@@H](O)[C@H](O)[C@H]3O)[C@H]2O)[C@@H]([C@H](O)CO)O1. The summed E-state index contributed by atoms with van der Waals surface area (Å²) in [6.07, 6.45) is -122. The molecule has 11 fully saturated rings. The number of carboxylic acid groups (broad SMARTS) is 1. The maximum atomic E-state index is 12.8. The second-order valence-electron chi connectivity index (χ2n) is 31.8. The number of aliphatic carboxylic acids is 1. The van der Waals surface area contributed by atoms with Gasteiger partial charge in [-0.15, -0.1) is 0 Å². The molecular weight excluding hydrogens is 1740 g/mol. The second kappa shape index (κ2) is 44.4. The van der Waals surface area contributed by atoms with E-state index in [-0.39, 0.29) is 0 Å². The first-order chi connectivity index (χ1) is 59.6. The predicted molar refractivity (Wildman–Crippen MR) is 374 cm³/mol. The fourth-order valence-corrected chi connectivity index (χ4v) is 16.2. The number of carbonyl (C=O) groups is 1. The molecule has 11 rings (SSSR count). The van der Waals surface area contributed by atoms with Crippen LogP contribution in [-0.2, 0) is 104 Å². The summed E-state index contributed by atoms with van der Waals surface area (Å²) in [5.41, 5.74) is 0. The third kappa shape index (κ3) is 21.4. The molecule has 0 radical (unpaired) electrons. The van der Waals surface area contributed by atoms with Crippen LogP contribution in [0, 0.1) is 0 Å².